The molecule has 0 radical (unpaired) electrons. The van der Waals surface area contributed by atoms with E-state index < -0.39 is 5.82 Å². The van der Waals surface area contributed by atoms with Crippen molar-refractivity contribution >= 4 is 18.1 Å². The zero-order chi connectivity index (χ0) is 16.2. The quantitative estimate of drug-likeness (QED) is 0.760. The molecule has 0 aliphatic heterocycles. The number of carbonyl (C=O) groups excluding carboxylic acids is 1. The normalized spacial score (nSPS) is 13.8. The topological polar surface area (TPSA) is 71.9 Å². The van der Waals surface area contributed by atoms with Crippen molar-refractivity contribution in [3.8, 4) is 5.75 Å². The van der Waals surface area contributed by atoms with E-state index in [2.05, 4.69) is 15.5 Å². The zero-order valence-electron chi connectivity index (χ0n) is 12.4. The number of benzene rings is 1. The van der Waals surface area contributed by atoms with Crippen LogP contribution in [0.4, 0.5) is 4.39 Å². The second-order valence-electron chi connectivity index (χ2n) is 5.37. The van der Waals surface area contributed by atoms with Gasteiger partial charge in [0.15, 0.2) is 22.9 Å². The van der Waals surface area contributed by atoms with Crippen LogP contribution in [0, 0.1) is 10.6 Å². The van der Waals surface area contributed by atoms with Crippen molar-refractivity contribution < 1.29 is 13.9 Å². The average Bonchev–Trinajstić information content (AvgIpc) is 3.30. The Balaban J connectivity index is 1.45. The number of amides is 1. The van der Waals surface area contributed by atoms with Crippen molar-refractivity contribution in [2.75, 3.05) is 13.2 Å². The predicted molar refractivity (Wildman–Crippen MR) is 84.3 cm³/mol. The Hall–Kier alpha value is -2.22. The fourth-order valence-corrected chi connectivity index (χ4v) is 2.59. The molecule has 6 nitrogen and oxygen atoms in total. The lowest BCUT2D eigenvalue weighted by atomic mass is 10.3. The third-order valence-corrected chi connectivity index (χ3v) is 3.84. The maximum atomic E-state index is 13.4. The lowest BCUT2D eigenvalue weighted by molar-refractivity contribution is -0.123. The van der Waals surface area contributed by atoms with Gasteiger partial charge in [-0.2, -0.15) is 5.10 Å². The van der Waals surface area contributed by atoms with Gasteiger partial charge in [-0.05, 0) is 37.2 Å². The Kier molecular flexibility index (Phi) is 4.71. The minimum atomic E-state index is -0.486. The van der Waals surface area contributed by atoms with Crippen LogP contribution in [0.15, 0.2) is 24.3 Å². The molecule has 0 atom stereocenters. The molecule has 1 saturated carbocycles. The summed E-state index contributed by atoms with van der Waals surface area (Å²) in [6.07, 6.45) is 2.81. The van der Waals surface area contributed by atoms with Crippen molar-refractivity contribution in [2.24, 2.45) is 0 Å². The molecular formula is C15H17FN4O2S. The average molecular weight is 336 g/mol. The summed E-state index contributed by atoms with van der Waals surface area (Å²) in [5.74, 6) is 0.116. The van der Waals surface area contributed by atoms with E-state index in [-0.39, 0.29) is 18.3 Å². The summed E-state index contributed by atoms with van der Waals surface area (Å²) in [5.41, 5.74) is 0. The summed E-state index contributed by atoms with van der Waals surface area (Å²) < 4.78 is 21.1. The second-order valence-corrected chi connectivity index (χ2v) is 5.75. The van der Waals surface area contributed by atoms with Gasteiger partial charge in [0.05, 0.1) is 0 Å². The summed E-state index contributed by atoms with van der Waals surface area (Å²) in [7, 11) is 0. The Morgan fingerprint density at radius 1 is 1.48 bits per heavy atom. The van der Waals surface area contributed by atoms with Crippen molar-refractivity contribution in [1.29, 1.82) is 0 Å². The molecule has 8 heteroatoms. The maximum Gasteiger partial charge on any atom is 0.257 e. The van der Waals surface area contributed by atoms with E-state index in [0.29, 0.717) is 23.8 Å². The number of ether oxygens (including phenoxy) is 1. The minimum absolute atomic E-state index is 0.0669. The van der Waals surface area contributed by atoms with E-state index in [1.54, 1.807) is 12.1 Å². The molecule has 1 aliphatic rings. The van der Waals surface area contributed by atoms with Crippen LogP contribution < -0.4 is 10.1 Å². The number of hydrogen-bond donors (Lipinski definition) is 2. The Labute approximate surface area is 137 Å². The third kappa shape index (κ3) is 3.95. The van der Waals surface area contributed by atoms with Gasteiger partial charge in [-0.15, -0.1) is 0 Å². The van der Waals surface area contributed by atoms with Crippen molar-refractivity contribution in [2.45, 2.75) is 25.3 Å². The highest BCUT2D eigenvalue weighted by molar-refractivity contribution is 7.71. The number of aromatic nitrogens is 3. The van der Waals surface area contributed by atoms with Gasteiger partial charge >= 0.3 is 0 Å². The van der Waals surface area contributed by atoms with Crippen LogP contribution in [-0.4, -0.2) is 33.8 Å². The van der Waals surface area contributed by atoms with Gasteiger partial charge < -0.3 is 14.6 Å². The van der Waals surface area contributed by atoms with Crippen molar-refractivity contribution in [3.63, 3.8) is 0 Å². The molecule has 1 aromatic carbocycles. The fraction of sp³-hybridized carbons (Fsp3) is 0.400. The molecular weight excluding hydrogens is 319 g/mol. The molecule has 0 saturated heterocycles. The molecule has 1 heterocycles. The van der Waals surface area contributed by atoms with Crippen LogP contribution >= 0.6 is 12.2 Å². The van der Waals surface area contributed by atoms with Crippen LogP contribution in [0.5, 0.6) is 5.75 Å². The molecule has 0 unspecified atom stereocenters. The van der Waals surface area contributed by atoms with E-state index in [1.807, 2.05) is 4.57 Å². The SMILES string of the molecule is O=C(COc1ccccc1F)NCCc1n[nH]c(=S)n1C1CC1. The highest BCUT2D eigenvalue weighted by Gasteiger charge is 2.26. The van der Waals surface area contributed by atoms with E-state index >= 15 is 0 Å². The summed E-state index contributed by atoms with van der Waals surface area (Å²) in [4.78, 5) is 11.7. The number of para-hydroxylation sites is 1. The predicted octanol–water partition coefficient (Wildman–Crippen LogP) is 2.15. The standard InChI is InChI=1S/C15H17FN4O2S/c16-11-3-1-2-4-12(11)22-9-14(21)17-8-7-13-18-19-15(23)20(13)10-5-6-10/h1-4,10H,5-9H2,(H,17,21)(H,19,23). The summed E-state index contributed by atoms with van der Waals surface area (Å²) in [6.45, 7) is 0.197. The van der Waals surface area contributed by atoms with Gasteiger partial charge in [-0.25, -0.2) is 4.39 Å². The molecule has 23 heavy (non-hydrogen) atoms. The van der Waals surface area contributed by atoms with Crippen molar-refractivity contribution in [1.82, 2.24) is 20.1 Å². The van der Waals surface area contributed by atoms with Gasteiger partial charge in [0.1, 0.15) is 5.82 Å². The Bertz CT molecular complexity index is 754. The lowest BCUT2D eigenvalue weighted by Gasteiger charge is -2.08. The summed E-state index contributed by atoms with van der Waals surface area (Å²) in [6, 6.07) is 6.42. The molecule has 2 N–H and O–H groups in total. The number of rotatable bonds is 7. The molecule has 122 valence electrons. The maximum absolute atomic E-state index is 13.4. The van der Waals surface area contributed by atoms with Gasteiger partial charge in [-0.1, -0.05) is 12.1 Å². The highest BCUT2D eigenvalue weighted by Crippen LogP contribution is 2.35. The second kappa shape index (κ2) is 6.91. The first kappa shape index (κ1) is 15.7. The first-order valence-corrected chi connectivity index (χ1v) is 7.86. The smallest absolute Gasteiger partial charge is 0.257 e. The number of nitrogens with zero attached hydrogens (tertiary/aromatic N) is 2. The van der Waals surface area contributed by atoms with Gasteiger partial charge in [0.2, 0.25) is 0 Å². The first-order valence-electron chi connectivity index (χ1n) is 7.45. The molecule has 0 spiro atoms. The number of aromatic amines is 1. The Morgan fingerprint density at radius 2 is 2.26 bits per heavy atom. The monoisotopic (exact) mass is 336 g/mol. The number of carbonyl (C=O) groups is 1. The van der Waals surface area contributed by atoms with Crippen molar-refractivity contribution in [3.05, 3.63) is 40.7 Å². The lowest BCUT2D eigenvalue weighted by Crippen LogP contribution is -2.31. The number of nitrogens with one attached hydrogen (secondary N) is 2. The van der Waals surface area contributed by atoms with Crippen LogP contribution in [-0.2, 0) is 11.2 Å². The van der Waals surface area contributed by atoms with Gasteiger partial charge in [-0.3, -0.25) is 9.89 Å². The Morgan fingerprint density at radius 3 is 3.00 bits per heavy atom. The summed E-state index contributed by atoms with van der Waals surface area (Å²) >= 11 is 5.20. The molecule has 2 aromatic rings. The molecule has 3 rings (SSSR count). The molecule has 1 amide bonds. The molecule has 0 bridgehead atoms. The molecule has 1 aliphatic carbocycles. The number of H-pyrrole nitrogens is 1. The zero-order valence-corrected chi connectivity index (χ0v) is 13.2. The fourth-order valence-electron chi connectivity index (χ4n) is 2.29. The van der Waals surface area contributed by atoms with E-state index in [9.17, 15) is 9.18 Å². The highest BCUT2D eigenvalue weighted by atomic mass is 32.1. The number of halogens is 1. The van der Waals surface area contributed by atoms with E-state index in [0.717, 1.165) is 18.7 Å². The minimum Gasteiger partial charge on any atom is -0.481 e. The molecule has 1 fully saturated rings. The largest absolute Gasteiger partial charge is 0.481 e. The third-order valence-electron chi connectivity index (χ3n) is 3.56. The molecule has 1 aromatic heterocycles. The van der Waals surface area contributed by atoms with Crippen LogP contribution in [0.2, 0.25) is 0 Å². The van der Waals surface area contributed by atoms with Gasteiger partial charge in [0, 0.05) is 19.0 Å². The van der Waals surface area contributed by atoms with E-state index in [1.165, 1.54) is 12.1 Å². The van der Waals surface area contributed by atoms with E-state index in [4.69, 9.17) is 17.0 Å². The summed E-state index contributed by atoms with van der Waals surface area (Å²) in [5, 5.41) is 9.71. The van der Waals surface area contributed by atoms with Crippen LogP contribution in [0.3, 0.4) is 0 Å². The number of hydrogen-bond acceptors (Lipinski definition) is 4. The van der Waals surface area contributed by atoms with Gasteiger partial charge in [0.25, 0.3) is 5.91 Å². The van der Waals surface area contributed by atoms with Crippen LogP contribution in [0.1, 0.15) is 24.7 Å². The first-order chi connectivity index (χ1) is 11.1. The van der Waals surface area contributed by atoms with Crippen LogP contribution in [0.25, 0.3) is 0 Å².